The number of hydrogen-bond acceptors (Lipinski definition) is 5. The van der Waals surface area contributed by atoms with E-state index < -0.39 is 0 Å². The van der Waals surface area contributed by atoms with Crippen molar-refractivity contribution in [3.05, 3.63) is 53.6 Å². The highest BCUT2D eigenvalue weighted by atomic mass is 16.2. The first-order valence-electron chi connectivity index (χ1n) is 9.54. The lowest BCUT2D eigenvalue weighted by atomic mass is 9.94. The fraction of sp³-hybridized carbons (Fsp3) is 0.350. The molecule has 0 radical (unpaired) electrons. The van der Waals surface area contributed by atoms with Crippen LogP contribution in [-0.4, -0.2) is 68.7 Å². The number of carbonyl (C=O) groups is 1. The van der Waals surface area contributed by atoms with Crippen LogP contribution in [0.25, 0.3) is 10.9 Å². The van der Waals surface area contributed by atoms with Crippen molar-refractivity contribution in [2.24, 2.45) is 0 Å². The van der Waals surface area contributed by atoms with Crippen molar-refractivity contribution in [1.29, 1.82) is 0 Å². The predicted octanol–water partition coefficient (Wildman–Crippen LogP) is 1.82. The maximum absolute atomic E-state index is 13.6. The van der Waals surface area contributed by atoms with Gasteiger partial charge in [-0.05, 0) is 20.0 Å². The molecule has 1 aromatic carbocycles. The second-order valence-electron chi connectivity index (χ2n) is 7.48. The van der Waals surface area contributed by atoms with Crippen molar-refractivity contribution >= 4 is 22.8 Å². The lowest BCUT2D eigenvalue weighted by molar-refractivity contribution is -0.129. The van der Waals surface area contributed by atoms with Crippen LogP contribution in [0, 0.1) is 0 Å². The molecule has 5 rings (SSSR count). The largest absolute Gasteiger partial charge is 0.361 e. The minimum Gasteiger partial charge on any atom is -0.361 e. The number of rotatable bonds is 2. The Balaban J connectivity index is 1.62. The van der Waals surface area contributed by atoms with Gasteiger partial charge in [0.2, 0.25) is 5.95 Å². The number of allylic oxidation sites excluding steroid dienone is 1. The third-order valence-corrected chi connectivity index (χ3v) is 5.73. The Bertz CT molecular complexity index is 1070. The van der Waals surface area contributed by atoms with E-state index in [-0.39, 0.29) is 11.9 Å². The molecule has 1 saturated heterocycles. The van der Waals surface area contributed by atoms with Crippen LogP contribution in [0.5, 0.6) is 0 Å². The fourth-order valence-corrected chi connectivity index (χ4v) is 4.16. The molecule has 144 valence electrons. The number of para-hydroxylation sites is 1. The van der Waals surface area contributed by atoms with Gasteiger partial charge in [0.05, 0.1) is 5.57 Å². The van der Waals surface area contributed by atoms with E-state index in [9.17, 15) is 4.79 Å². The summed E-state index contributed by atoms with van der Waals surface area (Å²) < 4.78 is 1.81. The summed E-state index contributed by atoms with van der Waals surface area (Å²) in [5.41, 5.74) is 3.63. The summed E-state index contributed by atoms with van der Waals surface area (Å²) in [5, 5.41) is 8.79. The summed E-state index contributed by atoms with van der Waals surface area (Å²) in [5.74, 6) is 0.720. The van der Waals surface area contributed by atoms with E-state index in [0.29, 0.717) is 5.95 Å². The Morgan fingerprint density at radius 1 is 1.18 bits per heavy atom. The fourth-order valence-electron chi connectivity index (χ4n) is 4.16. The molecule has 1 amide bonds. The molecule has 1 unspecified atom stereocenters. The molecule has 0 saturated carbocycles. The molecule has 28 heavy (non-hydrogen) atoms. The predicted molar refractivity (Wildman–Crippen MR) is 107 cm³/mol. The smallest absolute Gasteiger partial charge is 0.254 e. The topological polar surface area (TPSA) is 82.1 Å². The average Bonchev–Trinajstić information content (AvgIpc) is 3.33. The first kappa shape index (κ1) is 17.0. The Morgan fingerprint density at radius 3 is 2.79 bits per heavy atom. The van der Waals surface area contributed by atoms with Gasteiger partial charge in [-0.15, -0.1) is 0 Å². The third-order valence-electron chi connectivity index (χ3n) is 5.73. The van der Waals surface area contributed by atoms with Crippen LogP contribution in [0.15, 0.2) is 48.1 Å². The summed E-state index contributed by atoms with van der Waals surface area (Å²) in [6.07, 6.45) is 3.51. The van der Waals surface area contributed by atoms with Crippen molar-refractivity contribution in [3.63, 3.8) is 0 Å². The molecule has 3 aromatic rings. The van der Waals surface area contributed by atoms with Crippen LogP contribution >= 0.6 is 0 Å². The molecule has 2 aliphatic heterocycles. The SMILES string of the molecule is CC1=C(C(=O)N2CCN(C)CC2)C(c2c[nH]c3ccccc23)n2ncnc2N1. The average molecular weight is 377 g/mol. The number of piperazine rings is 1. The minimum atomic E-state index is -0.318. The summed E-state index contributed by atoms with van der Waals surface area (Å²) in [7, 11) is 2.09. The van der Waals surface area contributed by atoms with Gasteiger partial charge in [0.1, 0.15) is 12.4 Å². The van der Waals surface area contributed by atoms with Gasteiger partial charge in [-0.3, -0.25) is 4.79 Å². The number of likely N-dealkylation sites (N-methyl/N-ethyl adjacent to an activating group) is 1. The Morgan fingerprint density at radius 2 is 1.96 bits per heavy atom. The number of aromatic amines is 1. The third kappa shape index (κ3) is 2.60. The normalized spacial score (nSPS) is 20.4. The Labute approximate surface area is 162 Å². The van der Waals surface area contributed by atoms with Crippen LogP contribution in [0.4, 0.5) is 5.95 Å². The van der Waals surface area contributed by atoms with E-state index in [0.717, 1.165) is 53.9 Å². The summed E-state index contributed by atoms with van der Waals surface area (Å²) in [6.45, 7) is 5.19. The van der Waals surface area contributed by atoms with Crippen LogP contribution in [0.1, 0.15) is 18.5 Å². The number of fused-ring (bicyclic) bond motifs is 2. The molecule has 0 bridgehead atoms. The number of H-pyrrole nitrogens is 1. The highest BCUT2D eigenvalue weighted by Gasteiger charge is 2.37. The van der Waals surface area contributed by atoms with Crippen LogP contribution in [0.3, 0.4) is 0 Å². The molecular weight excluding hydrogens is 354 g/mol. The van der Waals surface area contributed by atoms with Gasteiger partial charge in [0.15, 0.2) is 0 Å². The number of nitrogens with zero attached hydrogens (tertiary/aromatic N) is 5. The lowest BCUT2D eigenvalue weighted by Crippen LogP contribution is -2.49. The van der Waals surface area contributed by atoms with Gasteiger partial charge in [-0.2, -0.15) is 10.1 Å². The van der Waals surface area contributed by atoms with Crippen molar-refractivity contribution < 1.29 is 4.79 Å². The van der Waals surface area contributed by atoms with Gasteiger partial charge in [0.25, 0.3) is 5.91 Å². The number of anilines is 1. The summed E-state index contributed by atoms with van der Waals surface area (Å²) in [4.78, 5) is 25.4. The number of aromatic nitrogens is 4. The zero-order valence-electron chi connectivity index (χ0n) is 16.0. The molecule has 2 aromatic heterocycles. The lowest BCUT2D eigenvalue weighted by Gasteiger charge is -2.36. The quantitative estimate of drug-likeness (QED) is 0.712. The van der Waals surface area contributed by atoms with E-state index in [1.54, 1.807) is 0 Å². The van der Waals surface area contributed by atoms with Crippen LogP contribution in [-0.2, 0) is 4.79 Å². The van der Waals surface area contributed by atoms with Crippen molar-refractivity contribution in [1.82, 2.24) is 29.5 Å². The highest BCUT2D eigenvalue weighted by molar-refractivity contribution is 5.98. The zero-order valence-corrected chi connectivity index (χ0v) is 16.0. The number of hydrogen-bond donors (Lipinski definition) is 2. The standard InChI is InChI=1S/C20H23N7O/c1-13-17(19(28)26-9-7-25(2)8-10-26)18(27-20(24-13)22-12-23-27)15-11-21-16-6-4-3-5-14(15)16/h3-6,11-12,18,21H,7-10H2,1-2H3,(H,22,23,24). The monoisotopic (exact) mass is 377 g/mol. The zero-order chi connectivity index (χ0) is 19.3. The van der Waals surface area contributed by atoms with E-state index in [4.69, 9.17) is 0 Å². The van der Waals surface area contributed by atoms with Crippen molar-refractivity contribution in [2.75, 3.05) is 38.5 Å². The summed E-state index contributed by atoms with van der Waals surface area (Å²) >= 11 is 0. The minimum absolute atomic E-state index is 0.0644. The van der Waals surface area contributed by atoms with Gasteiger partial charge in [-0.1, -0.05) is 18.2 Å². The molecular formula is C20H23N7O. The first-order valence-corrected chi connectivity index (χ1v) is 9.54. The maximum Gasteiger partial charge on any atom is 0.254 e. The molecule has 8 nitrogen and oxygen atoms in total. The Kier molecular flexibility index (Phi) is 3.94. The van der Waals surface area contributed by atoms with Crippen LogP contribution in [0.2, 0.25) is 0 Å². The number of amides is 1. The van der Waals surface area contributed by atoms with Crippen molar-refractivity contribution in [2.45, 2.75) is 13.0 Å². The number of benzene rings is 1. The summed E-state index contributed by atoms with van der Waals surface area (Å²) in [6, 6.07) is 7.82. The molecule has 2 N–H and O–H groups in total. The van der Waals surface area contributed by atoms with E-state index >= 15 is 0 Å². The maximum atomic E-state index is 13.6. The number of carbonyl (C=O) groups excluding carboxylic acids is 1. The van der Waals surface area contributed by atoms with Gasteiger partial charge in [0, 0.05) is 54.5 Å². The van der Waals surface area contributed by atoms with E-state index in [2.05, 4.69) is 38.4 Å². The number of nitrogens with one attached hydrogen (secondary N) is 2. The second kappa shape index (κ2) is 6.49. The van der Waals surface area contributed by atoms with E-state index in [1.165, 1.54) is 6.33 Å². The second-order valence-corrected chi connectivity index (χ2v) is 7.48. The van der Waals surface area contributed by atoms with Crippen LogP contribution < -0.4 is 5.32 Å². The molecule has 1 fully saturated rings. The molecule has 1 atom stereocenters. The molecule has 8 heteroatoms. The first-order chi connectivity index (χ1) is 13.6. The molecule has 2 aliphatic rings. The van der Waals surface area contributed by atoms with Gasteiger partial charge in [-0.25, -0.2) is 4.68 Å². The Hall–Kier alpha value is -3.13. The van der Waals surface area contributed by atoms with Gasteiger partial charge >= 0.3 is 0 Å². The van der Waals surface area contributed by atoms with Gasteiger partial charge < -0.3 is 20.1 Å². The molecule has 0 aliphatic carbocycles. The van der Waals surface area contributed by atoms with Crippen molar-refractivity contribution in [3.8, 4) is 0 Å². The van der Waals surface area contributed by atoms with E-state index in [1.807, 2.05) is 40.9 Å². The molecule has 4 heterocycles. The highest BCUT2D eigenvalue weighted by Crippen LogP contribution is 2.38. The molecule has 0 spiro atoms.